The molecule has 8 heteroatoms. The Kier molecular flexibility index (Phi) is 4.44. The van der Waals surface area contributed by atoms with Crippen molar-refractivity contribution in [2.45, 2.75) is 6.54 Å². The van der Waals surface area contributed by atoms with Gasteiger partial charge in [-0.2, -0.15) is 0 Å². The van der Waals surface area contributed by atoms with Gasteiger partial charge in [-0.15, -0.1) is 0 Å². The summed E-state index contributed by atoms with van der Waals surface area (Å²) in [5.74, 6) is -0.242. The molecule has 0 atom stereocenters. The third-order valence-electron chi connectivity index (χ3n) is 5.12. The van der Waals surface area contributed by atoms with Crippen LogP contribution in [-0.4, -0.2) is 36.4 Å². The summed E-state index contributed by atoms with van der Waals surface area (Å²) in [5, 5.41) is 13.8. The second-order valence-corrected chi connectivity index (χ2v) is 7.07. The molecule has 0 radical (unpaired) electrons. The maximum atomic E-state index is 13.3. The highest BCUT2D eigenvalue weighted by atomic mass is 16.3. The average molecular weight is 411 g/mol. The zero-order valence-electron chi connectivity index (χ0n) is 16.2. The molecule has 31 heavy (non-hydrogen) atoms. The van der Waals surface area contributed by atoms with Gasteiger partial charge in [-0.25, -0.2) is 9.78 Å². The minimum atomic E-state index is -0.301. The van der Waals surface area contributed by atoms with Crippen LogP contribution in [0, 0.1) is 0 Å². The molecule has 0 saturated carbocycles. The molecule has 5 aromatic rings. The Hall–Kier alpha value is -4.46. The molecule has 0 saturated heterocycles. The summed E-state index contributed by atoms with van der Waals surface area (Å²) in [7, 11) is 0. The van der Waals surface area contributed by atoms with Crippen molar-refractivity contribution >= 4 is 33.8 Å². The first-order valence-corrected chi connectivity index (χ1v) is 9.60. The van der Waals surface area contributed by atoms with E-state index < -0.39 is 0 Å². The minimum Gasteiger partial charge on any atom is -0.506 e. The highest BCUT2D eigenvalue weighted by Gasteiger charge is 2.19. The van der Waals surface area contributed by atoms with Gasteiger partial charge in [0.2, 0.25) is 0 Å². The summed E-state index contributed by atoms with van der Waals surface area (Å²) in [6, 6.07) is 11.9. The van der Waals surface area contributed by atoms with Gasteiger partial charge in [-0.3, -0.25) is 14.3 Å². The molecule has 0 spiro atoms. The normalized spacial score (nSPS) is 11.1. The fraction of sp³-hybridized carbons (Fsp3) is 0.0435. The van der Waals surface area contributed by atoms with Crippen LogP contribution in [0.1, 0.15) is 21.5 Å². The Morgan fingerprint density at radius 3 is 2.81 bits per heavy atom. The number of aromatic hydroxyl groups is 1. The van der Waals surface area contributed by atoms with Crippen LogP contribution in [0.25, 0.3) is 21.9 Å². The van der Waals surface area contributed by atoms with Crippen LogP contribution >= 0.6 is 0 Å². The molecule has 0 aliphatic carbocycles. The highest BCUT2D eigenvalue weighted by Crippen LogP contribution is 2.27. The van der Waals surface area contributed by atoms with Crippen molar-refractivity contribution in [3.63, 3.8) is 0 Å². The van der Waals surface area contributed by atoms with Crippen molar-refractivity contribution in [2.75, 3.05) is 0 Å². The van der Waals surface area contributed by atoms with Gasteiger partial charge in [0.15, 0.2) is 5.78 Å². The SMILES string of the molecule is O=C(c1c[nH]c2ncc(O)cc12)c1cccc2c1ccn2C(=O)NCc1cccnc1. The Bertz CT molecular complexity index is 1440. The molecule has 4 heterocycles. The minimum absolute atomic E-state index is 0.0178. The van der Waals surface area contributed by atoms with E-state index in [0.29, 0.717) is 39.6 Å². The zero-order chi connectivity index (χ0) is 21.4. The van der Waals surface area contributed by atoms with Gasteiger partial charge >= 0.3 is 6.03 Å². The number of pyridine rings is 2. The van der Waals surface area contributed by atoms with Crippen LogP contribution in [0.3, 0.4) is 0 Å². The van der Waals surface area contributed by atoms with E-state index in [-0.39, 0.29) is 17.6 Å². The van der Waals surface area contributed by atoms with Crippen LogP contribution in [0.15, 0.2) is 73.4 Å². The summed E-state index contributed by atoms with van der Waals surface area (Å²) in [6.45, 7) is 0.344. The van der Waals surface area contributed by atoms with Gasteiger partial charge in [0.1, 0.15) is 11.4 Å². The first kappa shape index (κ1) is 18.6. The fourth-order valence-electron chi connectivity index (χ4n) is 3.63. The number of nitrogens with zero attached hydrogens (tertiary/aromatic N) is 3. The molecule has 4 aromatic heterocycles. The molecule has 0 unspecified atom stereocenters. The van der Waals surface area contributed by atoms with Crippen molar-refractivity contribution in [3.05, 3.63) is 90.1 Å². The molecule has 8 nitrogen and oxygen atoms in total. The van der Waals surface area contributed by atoms with Gasteiger partial charge in [0.05, 0.1) is 11.7 Å². The van der Waals surface area contributed by atoms with E-state index in [2.05, 4.69) is 20.3 Å². The van der Waals surface area contributed by atoms with Crippen molar-refractivity contribution in [1.29, 1.82) is 0 Å². The van der Waals surface area contributed by atoms with Gasteiger partial charge in [0.25, 0.3) is 0 Å². The maximum Gasteiger partial charge on any atom is 0.326 e. The Balaban J connectivity index is 1.48. The van der Waals surface area contributed by atoms with E-state index in [9.17, 15) is 14.7 Å². The fourth-order valence-corrected chi connectivity index (χ4v) is 3.63. The molecule has 152 valence electrons. The van der Waals surface area contributed by atoms with E-state index in [0.717, 1.165) is 5.56 Å². The van der Waals surface area contributed by atoms with Gasteiger partial charge in [-0.05, 0) is 29.8 Å². The molecule has 3 N–H and O–H groups in total. The molecule has 0 aliphatic rings. The van der Waals surface area contributed by atoms with Crippen molar-refractivity contribution in [3.8, 4) is 5.75 Å². The lowest BCUT2D eigenvalue weighted by atomic mass is 10.00. The number of carbonyl (C=O) groups excluding carboxylic acids is 2. The Morgan fingerprint density at radius 1 is 1.06 bits per heavy atom. The van der Waals surface area contributed by atoms with Crippen LogP contribution in [-0.2, 0) is 6.54 Å². The van der Waals surface area contributed by atoms with Crippen LogP contribution in [0.5, 0.6) is 5.75 Å². The predicted octanol–water partition coefficient (Wildman–Crippen LogP) is 3.61. The van der Waals surface area contributed by atoms with Crippen molar-refractivity contribution < 1.29 is 14.7 Å². The molecule has 1 aromatic carbocycles. The summed E-state index contributed by atoms with van der Waals surface area (Å²) in [4.78, 5) is 37.1. The van der Waals surface area contributed by atoms with Crippen LogP contribution < -0.4 is 5.32 Å². The number of hydrogen-bond acceptors (Lipinski definition) is 5. The predicted molar refractivity (Wildman–Crippen MR) is 115 cm³/mol. The number of ketones is 1. The molecular weight excluding hydrogens is 394 g/mol. The quantitative estimate of drug-likeness (QED) is 0.391. The van der Waals surface area contributed by atoms with Crippen LogP contribution in [0.2, 0.25) is 0 Å². The summed E-state index contributed by atoms with van der Waals surface area (Å²) >= 11 is 0. The number of H-pyrrole nitrogens is 1. The first-order valence-electron chi connectivity index (χ1n) is 9.60. The number of aromatic amines is 1. The van der Waals surface area contributed by atoms with E-state index in [1.54, 1.807) is 49.1 Å². The zero-order valence-corrected chi connectivity index (χ0v) is 16.2. The number of carbonyl (C=O) groups is 2. The topological polar surface area (TPSA) is 113 Å². The highest BCUT2D eigenvalue weighted by molar-refractivity contribution is 6.21. The summed E-state index contributed by atoms with van der Waals surface area (Å²) < 4.78 is 1.48. The molecule has 0 fully saturated rings. The molecule has 5 rings (SSSR count). The molecule has 1 amide bonds. The smallest absolute Gasteiger partial charge is 0.326 e. The lowest BCUT2D eigenvalue weighted by molar-refractivity contribution is 0.104. The largest absolute Gasteiger partial charge is 0.506 e. The second kappa shape index (κ2) is 7.42. The van der Waals surface area contributed by atoms with Crippen molar-refractivity contribution in [2.24, 2.45) is 0 Å². The van der Waals surface area contributed by atoms with E-state index >= 15 is 0 Å². The molecule has 0 bridgehead atoms. The lowest BCUT2D eigenvalue weighted by Gasteiger charge is -2.08. The third kappa shape index (κ3) is 3.29. The number of nitrogens with one attached hydrogen (secondary N) is 2. The van der Waals surface area contributed by atoms with Gasteiger partial charge in [-0.1, -0.05) is 18.2 Å². The molecular formula is C23H17N5O3. The second-order valence-electron chi connectivity index (χ2n) is 7.07. The van der Waals surface area contributed by atoms with Crippen LogP contribution in [0.4, 0.5) is 4.79 Å². The first-order chi connectivity index (χ1) is 15.1. The average Bonchev–Trinajstić information content (AvgIpc) is 3.41. The van der Waals surface area contributed by atoms with E-state index in [1.807, 2.05) is 12.1 Å². The Morgan fingerprint density at radius 2 is 1.97 bits per heavy atom. The Labute approximate surface area is 176 Å². The summed E-state index contributed by atoms with van der Waals surface area (Å²) in [6.07, 6.45) is 7.91. The number of fused-ring (bicyclic) bond motifs is 2. The third-order valence-corrected chi connectivity index (χ3v) is 5.12. The number of benzene rings is 1. The maximum absolute atomic E-state index is 13.3. The lowest BCUT2D eigenvalue weighted by Crippen LogP contribution is -2.27. The standard InChI is InChI=1S/C23H17N5O3/c29-15-9-18-19(13-26-22(18)25-12-15)21(30)17-4-1-5-20-16(17)6-8-28(20)23(31)27-11-14-3-2-7-24-10-14/h1-10,12-13,29H,11H2,(H,25,26)(H,27,31). The van der Waals surface area contributed by atoms with Gasteiger partial charge in [0, 0.05) is 53.2 Å². The van der Waals surface area contributed by atoms with Gasteiger partial charge < -0.3 is 15.4 Å². The number of hydrogen-bond donors (Lipinski definition) is 3. The monoisotopic (exact) mass is 411 g/mol. The summed E-state index contributed by atoms with van der Waals surface area (Å²) in [5.41, 5.74) is 2.88. The number of aromatic nitrogens is 4. The van der Waals surface area contributed by atoms with E-state index in [4.69, 9.17) is 0 Å². The number of rotatable bonds is 4. The molecule has 0 aliphatic heterocycles. The number of amides is 1. The van der Waals surface area contributed by atoms with Crippen molar-refractivity contribution in [1.82, 2.24) is 24.8 Å². The van der Waals surface area contributed by atoms with E-state index in [1.165, 1.54) is 16.8 Å².